The van der Waals surface area contributed by atoms with Crippen molar-refractivity contribution >= 4 is 11.8 Å². The summed E-state index contributed by atoms with van der Waals surface area (Å²) in [4.78, 5) is 15.5. The van der Waals surface area contributed by atoms with Gasteiger partial charge in [0.15, 0.2) is 0 Å². The summed E-state index contributed by atoms with van der Waals surface area (Å²) >= 11 is 0. The molecular weight excluding hydrogens is 236 g/mol. The predicted octanol–water partition coefficient (Wildman–Crippen LogP) is 1.78. The molecule has 0 heterocycles. The highest BCUT2D eigenvalue weighted by atomic mass is 16.7. The molecule has 0 aliphatic heterocycles. The average Bonchev–Trinajstić information content (AvgIpc) is 2.43. The second-order valence-corrected chi connectivity index (χ2v) is 3.37. The lowest BCUT2D eigenvalue weighted by atomic mass is 10.1. The zero-order chi connectivity index (χ0) is 13.5. The van der Waals surface area contributed by atoms with Crippen LogP contribution in [-0.4, -0.2) is 33.1 Å². The molecule has 1 N–H and O–H groups in total. The van der Waals surface area contributed by atoms with Gasteiger partial charge in [-0.15, -0.1) is 0 Å². The molecule has 0 unspecified atom stereocenters. The molecule has 0 saturated carbocycles. The first kappa shape index (κ1) is 13.8. The molecule has 0 fully saturated rings. The van der Waals surface area contributed by atoms with Gasteiger partial charge in [0.25, 0.3) is 0 Å². The minimum atomic E-state index is -0.623. The van der Waals surface area contributed by atoms with Gasteiger partial charge in [0.05, 0.1) is 19.9 Å². The Bertz CT molecular complexity index is 457. The summed E-state index contributed by atoms with van der Waals surface area (Å²) in [7, 11) is 4.58. The van der Waals surface area contributed by atoms with E-state index in [1.165, 1.54) is 7.05 Å². The lowest BCUT2D eigenvalue weighted by molar-refractivity contribution is 0.153. The summed E-state index contributed by atoms with van der Waals surface area (Å²) in [6.07, 6.45) is -0.623. The highest BCUT2D eigenvalue weighted by molar-refractivity contribution is 6.01. The van der Waals surface area contributed by atoms with Gasteiger partial charge in [-0.2, -0.15) is 0 Å². The minimum absolute atomic E-state index is 0.526. The molecule has 1 aromatic carbocycles. The number of methoxy groups -OCH3 is 2. The number of amides is 1. The first-order chi connectivity index (χ1) is 8.62. The van der Waals surface area contributed by atoms with Crippen molar-refractivity contribution in [3.63, 3.8) is 0 Å². The SMILES string of the molecule is CNC(=O)O/N=C(\C)c1ccc(OC)cc1OC. The topological polar surface area (TPSA) is 69.2 Å². The first-order valence-corrected chi connectivity index (χ1v) is 5.28. The largest absolute Gasteiger partial charge is 0.497 e. The van der Waals surface area contributed by atoms with E-state index >= 15 is 0 Å². The second kappa shape index (κ2) is 6.48. The van der Waals surface area contributed by atoms with Gasteiger partial charge < -0.3 is 14.8 Å². The third-order valence-electron chi connectivity index (χ3n) is 2.27. The quantitative estimate of drug-likeness (QED) is 0.504. The minimum Gasteiger partial charge on any atom is -0.497 e. The molecule has 18 heavy (non-hydrogen) atoms. The van der Waals surface area contributed by atoms with E-state index in [9.17, 15) is 4.79 Å². The predicted molar refractivity (Wildman–Crippen MR) is 67.3 cm³/mol. The summed E-state index contributed by atoms with van der Waals surface area (Å²) < 4.78 is 10.3. The maximum absolute atomic E-state index is 10.9. The fourth-order valence-electron chi connectivity index (χ4n) is 1.30. The van der Waals surface area contributed by atoms with E-state index < -0.39 is 6.09 Å². The van der Waals surface area contributed by atoms with Crippen LogP contribution in [0.25, 0.3) is 0 Å². The van der Waals surface area contributed by atoms with Crippen molar-refractivity contribution in [1.82, 2.24) is 5.32 Å². The Labute approximate surface area is 106 Å². The van der Waals surface area contributed by atoms with E-state index in [1.807, 2.05) is 0 Å². The molecule has 6 nitrogen and oxygen atoms in total. The van der Waals surface area contributed by atoms with E-state index in [1.54, 1.807) is 39.3 Å². The number of rotatable bonds is 4. The number of hydrogen-bond acceptors (Lipinski definition) is 5. The first-order valence-electron chi connectivity index (χ1n) is 5.28. The number of nitrogens with one attached hydrogen (secondary N) is 1. The van der Waals surface area contributed by atoms with Gasteiger partial charge in [-0.25, -0.2) is 4.79 Å². The summed E-state index contributed by atoms with van der Waals surface area (Å²) in [6, 6.07) is 5.29. The fourth-order valence-corrected chi connectivity index (χ4v) is 1.30. The second-order valence-electron chi connectivity index (χ2n) is 3.37. The van der Waals surface area contributed by atoms with Gasteiger partial charge in [0.1, 0.15) is 11.5 Å². The Balaban J connectivity index is 2.97. The van der Waals surface area contributed by atoms with Crippen molar-refractivity contribution < 1.29 is 19.1 Å². The Morgan fingerprint density at radius 1 is 1.28 bits per heavy atom. The van der Waals surface area contributed by atoms with Crippen LogP contribution in [0.2, 0.25) is 0 Å². The van der Waals surface area contributed by atoms with E-state index in [4.69, 9.17) is 9.47 Å². The van der Waals surface area contributed by atoms with Crippen molar-refractivity contribution in [2.75, 3.05) is 21.3 Å². The van der Waals surface area contributed by atoms with Gasteiger partial charge in [-0.1, -0.05) is 5.16 Å². The van der Waals surface area contributed by atoms with Crippen molar-refractivity contribution in [3.8, 4) is 11.5 Å². The summed E-state index contributed by atoms with van der Waals surface area (Å²) in [5.74, 6) is 1.27. The molecule has 0 atom stereocenters. The zero-order valence-electron chi connectivity index (χ0n) is 10.8. The van der Waals surface area contributed by atoms with E-state index in [0.717, 1.165) is 5.56 Å². The summed E-state index contributed by atoms with van der Waals surface area (Å²) in [5.41, 5.74) is 1.25. The van der Waals surface area contributed by atoms with Crippen LogP contribution < -0.4 is 14.8 Å². The third kappa shape index (κ3) is 3.38. The van der Waals surface area contributed by atoms with Crippen LogP contribution in [0.3, 0.4) is 0 Å². The highest BCUT2D eigenvalue weighted by Gasteiger charge is 2.09. The number of hydrogen-bond donors (Lipinski definition) is 1. The lowest BCUT2D eigenvalue weighted by Crippen LogP contribution is -2.17. The molecule has 0 saturated heterocycles. The average molecular weight is 252 g/mol. The third-order valence-corrected chi connectivity index (χ3v) is 2.27. The molecule has 0 radical (unpaired) electrons. The van der Waals surface area contributed by atoms with Gasteiger partial charge in [-0.05, 0) is 19.1 Å². The van der Waals surface area contributed by atoms with E-state index in [-0.39, 0.29) is 0 Å². The summed E-state index contributed by atoms with van der Waals surface area (Å²) in [5, 5.41) is 6.01. The fraction of sp³-hybridized carbons (Fsp3) is 0.333. The van der Waals surface area contributed by atoms with Crippen LogP contribution >= 0.6 is 0 Å². The van der Waals surface area contributed by atoms with Crippen LogP contribution in [0.1, 0.15) is 12.5 Å². The molecule has 0 spiro atoms. The monoisotopic (exact) mass is 252 g/mol. The van der Waals surface area contributed by atoms with Crippen LogP contribution in [0.4, 0.5) is 4.79 Å². The Hall–Kier alpha value is -2.24. The molecule has 0 bridgehead atoms. The number of benzene rings is 1. The van der Waals surface area contributed by atoms with Gasteiger partial charge in [-0.3, -0.25) is 4.84 Å². The standard InChI is InChI=1S/C12H16N2O4/c1-8(14-18-12(15)13-2)10-6-5-9(16-3)7-11(10)17-4/h5-7H,1-4H3,(H,13,15)/b14-8+. The van der Waals surface area contributed by atoms with Gasteiger partial charge in [0.2, 0.25) is 0 Å². The molecular formula is C12H16N2O4. The van der Waals surface area contributed by atoms with Crippen molar-refractivity contribution in [3.05, 3.63) is 23.8 Å². The normalized spacial score (nSPS) is 10.8. The van der Waals surface area contributed by atoms with E-state index in [0.29, 0.717) is 17.2 Å². The number of nitrogens with zero attached hydrogens (tertiary/aromatic N) is 1. The van der Waals surface area contributed by atoms with Crippen LogP contribution in [-0.2, 0) is 4.84 Å². The molecule has 0 aliphatic carbocycles. The summed E-state index contributed by atoms with van der Waals surface area (Å²) in [6.45, 7) is 1.72. The van der Waals surface area contributed by atoms with Crippen molar-refractivity contribution in [2.45, 2.75) is 6.92 Å². The molecule has 6 heteroatoms. The van der Waals surface area contributed by atoms with Crippen LogP contribution in [0.15, 0.2) is 23.4 Å². The number of ether oxygens (including phenoxy) is 2. The molecule has 1 rings (SSSR count). The number of oxime groups is 1. The zero-order valence-corrected chi connectivity index (χ0v) is 10.8. The van der Waals surface area contributed by atoms with Gasteiger partial charge >= 0.3 is 6.09 Å². The number of carbonyl (C=O) groups is 1. The van der Waals surface area contributed by atoms with Crippen molar-refractivity contribution in [1.29, 1.82) is 0 Å². The maximum atomic E-state index is 10.9. The maximum Gasteiger partial charge on any atom is 0.433 e. The van der Waals surface area contributed by atoms with Gasteiger partial charge in [0, 0.05) is 18.7 Å². The molecule has 1 amide bonds. The Kier molecular flexibility index (Phi) is 4.98. The number of carbonyl (C=O) groups excluding carboxylic acids is 1. The highest BCUT2D eigenvalue weighted by Crippen LogP contribution is 2.25. The molecule has 0 aromatic heterocycles. The van der Waals surface area contributed by atoms with E-state index in [2.05, 4.69) is 15.3 Å². The molecule has 0 aliphatic rings. The van der Waals surface area contributed by atoms with Crippen LogP contribution in [0.5, 0.6) is 11.5 Å². The van der Waals surface area contributed by atoms with Crippen molar-refractivity contribution in [2.24, 2.45) is 5.16 Å². The lowest BCUT2D eigenvalue weighted by Gasteiger charge is -2.09. The smallest absolute Gasteiger partial charge is 0.433 e. The molecule has 98 valence electrons. The Morgan fingerprint density at radius 3 is 2.56 bits per heavy atom. The molecule has 1 aromatic rings. The van der Waals surface area contributed by atoms with Crippen LogP contribution in [0, 0.1) is 0 Å². The Morgan fingerprint density at radius 2 is 2.00 bits per heavy atom.